The highest BCUT2D eigenvalue weighted by molar-refractivity contribution is 6.39. The molecule has 0 bridgehead atoms. The third-order valence-corrected chi connectivity index (χ3v) is 11.8. The van der Waals surface area contributed by atoms with Crippen LogP contribution in [0.5, 0.6) is 5.88 Å². The number of nitrogens with one attached hydrogen (secondary N) is 1. The van der Waals surface area contributed by atoms with Crippen LogP contribution < -0.4 is 15.6 Å². The van der Waals surface area contributed by atoms with Crippen LogP contribution in [0.3, 0.4) is 0 Å². The van der Waals surface area contributed by atoms with Crippen molar-refractivity contribution in [2.45, 2.75) is 116 Å². The molecular formula is C48H54Cl2N6O8. The number of aromatic nitrogens is 3. The fourth-order valence-electron chi connectivity index (χ4n) is 8.04. The lowest BCUT2D eigenvalue weighted by atomic mass is 9.76. The Morgan fingerprint density at radius 2 is 1.48 bits per heavy atom. The van der Waals surface area contributed by atoms with E-state index in [1.54, 1.807) is 65.6 Å². The molecule has 2 aromatic carbocycles. The van der Waals surface area contributed by atoms with Crippen molar-refractivity contribution in [1.82, 2.24) is 29.5 Å². The van der Waals surface area contributed by atoms with Crippen molar-refractivity contribution in [3.8, 4) is 39.4 Å². The number of carbonyl (C=O) groups excluding carboxylic acids is 3. The molecule has 3 amide bonds. The first-order valence-corrected chi connectivity index (χ1v) is 22.0. The van der Waals surface area contributed by atoms with E-state index in [2.05, 4.69) is 5.32 Å². The first-order valence-electron chi connectivity index (χ1n) is 21.2. The zero-order valence-electron chi connectivity index (χ0n) is 37.3. The van der Waals surface area contributed by atoms with Gasteiger partial charge in [0.05, 0.1) is 47.2 Å². The van der Waals surface area contributed by atoms with E-state index in [4.69, 9.17) is 47.4 Å². The second-order valence-corrected chi connectivity index (χ2v) is 19.5. The monoisotopic (exact) mass is 912 g/mol. The summed E-state index contributed by atoms with van der Waals surface area (Å²) in [5, 5.41) is 14.2. The van der Waals surface area contributed by atoms with Crippen LogP contribution in [-0.2, 0) is 27.4 Å². The van der Waals surface area contributed by atoms with Crippen LogP contribution in [0.2, 0.25) is 10.0 Å². The first kappa shape index (κ1) is 46.3. The van der Waals surface area contributed by atoms with Gasteiger partial charge < -0.3 is 29.5 Å². The van der Waals surface area contributed by atoms with Gasteiger partial charge in [-0.2, -0.15) is 0 Å². The highest BCUT2D eigenvalue weighted by atomic mass is 35.5. The van der Waals surface area contributed by atoms with Crippen LogP contribution >= 0.6 is 23.2 Å². The standard InChI is InChI=1S/C48H54Cl2N6O8/c1-46(2,3)63-44(59)54(26-30-17-20-39(57)52-30)24-29-15-18-37(53-43(29)62-8)36-14-10-13-35(42(36)50)34-12-9-11-33(41(34)49)28-16-19-38-51-31(21-40(58)56(38)25-28)27-55(32-22-48(7,61)23-32)45(60)64-47(4,5)6/h9-16,18-19,21,25,30,32,61H,17,20,22-24,26-27H2,1-8H3,(H,52,57)/t30-,32?,48?/m0/s1. The number of fused-ring (bicyclic) bond motifs is 1. The number of pyridine rings is 2. The van der Waals surface area contributed by atoms with Gasteiger partial charge in [0.2, 0.25) is 11.8 Å². The Bertz CT molecular complexity index is 2660. The van der Waals surface area contributed by atoms with Gasteiger partial charge in [-0.05, 0) is 92.0 Å². The van der Waals surface area contributed by atoms with Gasteiger partial charge in [-0.15, -0.1) is 0 Å². The maximum absolute atomic E-state index is 13.6. The number of ether oxygens (including phenoxy) is 3. The number of aliphatic hydroxyl groups is 1. The van der Waals surface area contributed by atoms with Crippen molar-refractivity contribution in [3.05, 3.63) is 105 Å². The summed E-state index contributed by atoms with van der Waals surface area (Å²) in [6, 6.07) is 19.3. The van der Waals surface area contributed by atoms with E-state index >= 15 is 0 Å². The van der Waals surface area contributed by atoms with E-state index in [1.807, 2.05) is 54.6 Å². The van der Waals surface area contributed by atoms with Crippen LogP contribution in [0.25, 0.3) is 39.2 Å². The fourth-order valence-corrected chi connectivity index (χ4v) is 8.70. The normalized spacial score (nSPS) is 18.6. The molecule has 1 aliphatic carbocycles. The third kappa shape index (κ3) is 10.6. The average molecular weight is 914 g/mol. The Hall–Kier alpha value is -5.70. The number of halogens is 2. The minimum atomic E-state index is -0.878. The molecule has 338 valence electrons. The minimum absolute atomic E-state index is 0.0400. The van der Waals surface area contributed by atoms with Crippen LogP contribution in [0, 0.1) is 0 Å². The molecule has 4 heterocycles. The number of rotatable bonds is 11. The smallest absolute Gasteiger partial charge is 0.410 e. The minimum Gasteiger partial charge on any atom is -0.481 e. The van der Waals surface area contributed by atoms with Crippen LogP contribution in [0.15, 0.2) is 77.7 Å². The molecule has 2 fully saturated rings. The molecule has 16 heteroatoms. The first-order chi connectivity index (χ1) is 30.1. The van der Waals surface area contributed by atoms with Crippen molar-refractivity contribution in [3.63, 3.8) is 0 Å². The number of amides is 3. The number of methoxy groups -OCH3 is 1. The summed E-state index contributed by atoms with van der Waals surface area (Å²) < 4.78 is 18.6. The quantitative estimate of drug-likeness (QED) is 0.131. The molecule has 0 radical (unpaired) electrons. The SMILES string of the molecule is COc1nc(-c2cccc(-c3cccc(-c4ccc5nc(CN(C(=O)OC(C)(C)C)C6CC(C)(O)C6)cc(=O)n5c4)c3Cl)c2Cl)ccc1CN(C[C@@H]1CCC(=O)N1)C(=O)OC(C)(C)C. The summed E-state index contributed by atoms with van der Waals surface area (Å²) in [6.07, 6.45) is 2.42. The second kappa shape index (κ2) is 18.1. The Morgan fingerprint density at radius 3 is 2.09 bits per heavy atom. The number of benzene rings is 2. The molecule has 64 heavy (non-hydrogen) atoms. The number of carbonyl (C=O) groups is 3. The van der Waals surface area contributed by atoms with Crippen molar-refractivity contribution in [2.75, 3.05) is 13.7 Å². The van der Waals surface area contributed by atoms with E-state index in [1.165, 1.54) is 22.5 Å². The fraction of sp³-hybridized carbons (Fsp3) is 0.417. The summed E-state index contributed by atoms with van der Waals surface area (Å²) in [7, 11) is 1.51. The Kier molecular flexibility index (Phi) is 13.1. The molecule has 14 nitrogen and oxygen atoms in total. The van der Waals surface area contributed by atoms with Crippen molar-refractivity contribution in [2.24, 2.45) is 0 Å². The molecule has 5 aromatic rings. The zero-order valence-corrected chi connectivity index (χ0v) is 38.8. The molecule has 0 spiro atoms. The van der Waals surface area contributed by atoms with Gasteiger partial charge in [-0.3, -0.25) is 18.9 Å². The molecule has 1 saturated heterocycles. The largest absolute Gasteiger partial charge is 0.481 e. The Balaban J connectivity index is 1.15. The van der Waals surface area contributed by atoms with Gasteiger partial charge in [0.1, 0.15) is 16.8 Å². The van der Waals surface area contributed by atoms with E-state index in [-0.39, 0.29) is 43.2 Å². The summed E-state index contributed by atoms with van der Waals surface area (Å²) in [4.78, 5) is 64.8. The molecule has 1 aliphatic heterocycles. The highest BCUT2D eigenvalue weighted by Crippen LogP contribution is 2.43. The molecular weight excluding hydrogens is 859 g/mol. The van der Waals surface area contributed by atoms with Gasteiger partial charge in [0.25, 0.3) is 5.56 Å². The summed E-state index contributed by atoms with van der Waals surface area (Å²) in [5.41, 5.74) is 2.50. The number of nitrogens with zero attached hydrogens (tertiary/aromatic N) is 5. The van der Waals surface area contributed by atoms with Crippen molar-refractivity contribution in [1.29, 1.82) is 0 Å². The van der Waals surface area contributed by atoms with E-state index < -0.39 is 29.0 Å². The van der Waals surface area contributed by atoms with Crippen LogP contribution in [-0.4, -0.2) is 89.9 Å². The molecule has 3 aromatic heterocycles. The molecule has 2 N–H and O–H groups in total. The molecule has 1 atom stereocenters. The van der Waals surface area contributed by atoms with E-state index in [0.29, 0.717) is 92.0 Å². The van der Waals surface area contributed by atoms with Gasteiger partial charge >= 0.3 is 12.2 Å². The molecule has 2 aliphatic rings. The summed E-state index contributed by atoms with van der Waals surface area (Å²) in [6.45, 7) is 12.9. The summed E-state index contributed by atoms with van der Waals surface area (Å²) >= 11 is 14.4. The maximum atomic E-state index is 13.6. The zero-order chi connectivity index (χ0) is 46.3. The summed E-state index contributed by atoms with van der Waals surface area (Å²) in [5.74, 6) is 0.246. The average Bonchev–Trinajstić information content (AvgIpc) is 3.62. The van der Waals surface area contributed by atoms with Gasteiger partial charge in [0.15, 0.2) is 0 Å². The van der Waals surface area contributed by atoms with Crippen molar-refractivity contribution < 1.29 is 33.7 Å². The van der Waals surface area contributed by atoms with E-state index in [9.17, 15) is 24.3 Å². The third-order valence-electron chi connectivity index (χ3n) is 11.0. The number of hydrogen-bond donors (Lipinski definition) is 2. The topological polar surface area (TPSA) is 165 Å². The maximum Gasteiger partial charge on any atom is 0.410 e. The lowest BCUT2D eigenvalue weighted by Gasteiger charge is -2.46. The Morgan fingerprint density at radius 1 is 0.859 bits per heavy atom. The van der Waals surface area contributed by atoms with Gasteiger partial charge in [0, 0.05) is 70.7 Å². The Labute approximate surface area is 382 Å². The van der Waals surface area contributed by atoms with Crippen LogP contribution in [0.1, 0.15) is 85.4 Å². The van der Waals surface area contributed by atoms with Gasteiger partial charge in [-0.1, -0.05) is 59.6 Å². The predicted octanol–water partition coefficient (Wildman–Crippen LogP) is 9.07. The highest BCUT2D eigenvalue weighted by Gasteiger charge is 2.44. The number of hydrogen-bond acceptors (Lipinski definition) is 10. The van der Waals surface area contributed by atoms with E-state index in [0.717, 1.165) is 0 Å². The lowest BCUT2D eigenvalue weighted by molar-refractivity contribution is -0.119. The van der Waals surface area contributed by atoms with Crippen molar-refractivity contribution >= 4 is 46.9 Å². The predicted molar refractivity (Wildman–Crippen MR) is 245 cm³/mol. The second-order valence-electron chi connectivity index (χ2n) is 18.8. The molecule has 7 rings (SSSR count). The molecule has 1 saturated carbocycles. The van der Waals surface area contributed by atoms with Gasteiger partial charge in [-0.25, -0.2) is 19.6 Å². The van der Waals surface area contributed by atoms with Crippen LogP contribution in [0.4, 0.5) is 9.59 Å². The lowest BCUT2D eigenvalue weighted by Crippen LogP contribution is -2.56. The molecule has 0 unspecified atom stereocenters.